The molecule has 1 aliphatic rings. The third-order valence-electron chi connectivity index (χ3n) is 6.20. The lowest BCUT2D eigenvalue weighted by molar-refractivity contribution is -0.107. The van der Waals surface area contributed by atoms with Crippen LogP contribution in [0.3, 0.4) is 0 Å². The summed E-state index contributed by atoms with van der Waals surface area (Å²) < 4.78 is 0. The van der Waals surface area contributed by atoms with Crippen LogP contribution in [-0.2, 0) is 17.6 Å². The zero-order valence-electron chi connectivity index (χ0n) is 16.8. The molecule has 1 heterocycles. The molecule has 0 aliphatic heterocycles. The van der Waals surface area contributed by atoms with E-state index in [1.54, 1.807) is 0 Å². The molecule has 0 bridgehead atoms. The lowest BCUT2D eigenvalue weighted by Crippen LogP contribution is -2.09. The summed E-state index contributed by atoms with van der Waals surface area (Å²) in [6.45, 7) is 6.47. The second-order valence-corrected chi connectivity index (χ2v) is 8.01. The average Bonchev–Trinajstić information content (AvgIpc) is 2.69. The Hall–Kier alpha value is -2.16. The number of aryl methyl sites for hydroxylation is 2. The Bertz CT molecular complexity index is 820. The molecule has 0 spiro atoms. The van der Waals surface area contributed by atoms with Crippen LogP contribution in [-0.4, -0.2) is 16.4 Å². The maximum atomic E-state index is 10.7. The second-order valence-electron chi connectivity index (χ2n) is 8.01. The minimum Gasteiger partial charge on any atom is -0.506 e. The van der Waals surface area contributed by atoms with E-state index in [1.807, 2.05) is 12.1 Å². The molecule has 0 atom stereocenters. The molecular formula is C24H31NO2. The van der Waals surface area contributed by atoms with Crippen molar-refractivity contribution in [1.82, 2.24) is 4.98 Å². The van der Waals surface area contributed by atoms with Crippen molar-refractivity contribution in [3.8, 4) is 5.75 Å². The molecule has 144 valence electrons. The van der Waals surface area contributed by atoms with E-state index in [1.165, 1.54) is 47.1 Å². The summed E-state index contributed by atoms with van der Waals surface area (Å²) in [5.41, 5.74) is 8.33. The lowest BCUT2D eigenvalue weighted by atomic mass is 9.86. The highest BCUT2D eigenvalue weighted by Crippen LogP contribution is 2.36. The number of hydrogen-bond donors (Lipinski definition) is 1. The molecule has 3 rings (SSSR count). The van der Waals surface area contributed by atoms with Gasteiger partial charge in [0.25, 0.3) is 0 Å². The zero-order valence-corrected chi connectivity index (χ0v) is 16.8. The van der Waals surface area contributed by atoms with Crippen LogP contribution in [0, 0.1) is 20.8 Å². The van der Waals surface area contributed by atoms with Crippen LogP contribution in [0.2, 0.25) is 0 Å². The standard InChI is InChI=1S/C24H31NO2/c1-16-14-20(10-7-13-26)17(2)18(3)22(16)15-21-11-12-23(27)24(25-21)19-8-5-4-6-9-19/h11-14,19,27H,4-10,15H2,1-3H3. The molecule has 3 nitrogen and oxygen atoms in total. The molecule has 1 fully saturated rings. The summed E-state index contributed by atoms with van der Waals surface area (Å²) in [5, 5.41) is 10.3. The average molecular weight is 366 g/mol. The minimum absolute atomic E-state index is 0.347. The first-order valence-corrected chi connectivity index (χ1v) is 10.2. The molecule has 27 heavy (non-hydrogen) atoms. The maximum absolute atomic E-state index is 10.7. The third-order valence-corrected chi connectivity index (χ3v) is 6.20. The summed E-state index contributed by atoms with van der Waals surface area (Å²) in [6.07, 6.45) is 9.18. The summed E-state index contributed by atoms with van der Waals surface area (Å²) in [7, 11) is 0. The van der Waals surface area contributed by atoms with Gasteiger partial charge in [0.2, 0.25) is 0 Å². The number of carbonyl (C=O) groups excluding carboxylic acids is 1. The Morgan fingerprint density at radius 3 is 2.56 bits per heavy atom. The molecule has 3 heteroatoms. The third kappa shape index (κ3) is 4.40. The summed E-state index contributed by atoms with van der Waals surface area (Å²) in [4.78, 5) is 15.6. The van der Waals surface area contributed by atoms with Crippen molar-refractivity contribution in [3.63, 3.8) is 0 Å². The number of pyridine rings is 1. The van der Waals surface area contributed by atoms with Crippen molar-refractivity contribution in [3.05, 3.63) is 57.4 Å². The molecule has 1 N–H and O–H groups in total. The molecule has 0 unspecified atom stereocenters. The monoisotopic (exact) mass is 365 g/mol. The Kier molecular flexibility index (Phi) is 6.30. The summed E-state index contributed by atoms with van der Waals surface area (Å²) in [5.74, 6) is 0.743. The fraction of sp³-hybridized carbons (Fsp3) is 0.500. The first-order chi connectivity index (χ1) is 13.0. The Labute approximate surface area is 162 Å². The van der Waals surface area contributed by atoms with Gasteiger partial charge in [-0.25, -0.2) is 0 Å². The fourth-order valence-electron chi connectivity index (χ4n) is 4.43. The van der Waals surface area contributed by atoms with Crippen LogP contribution in [0.5, 0.6) is 5.75 Å². The van der Waals surface area contributed by atoms with Crippen molar-refractivity contribution in [2.45, 2.75) is 78.1 Å². The van der Waals surface area contributed by atoms with Crippen molar-refractivity contribution in [1.29, 1.82) is 0 Å². The number of aromatic nitrogens is 1. The van der Waals surface area contributed by atoms with Crippen LogP contribution < -0.4 is 0 Å². The van der Waals surface area contributed by atoms with E-state index in [-0.39, 0.29) is 0 Å². The summed E-state index contributed by atoms with van der Waals surface area (Å²) >= 11 is 0. The first kappa shape index (κ1) is 19.6. The minimum atomic E-state index is 0.347. The van der Waals surface area contributed by atoms with E-state index in [0.29, 0.717) is 18.1 Å². The van der Waals surface area contributed by atoms with E-state index < -0.39 is 0 Å². The lowest BCUT2D eigenvalue weighted by Gasteiger charge is -2.22. The second kappa shape index (κ2) is 8.69. The van der Waals surface area contributed by atoms with E-state index in [2.05, 4.69) is 26.8 Å². The highest BCUT2D eigenvalue weighted by molar-refractivity contribution is 5.52. The topological polar surface area (TPSA) is 50.2 Å². The van der Waals surface area contributed by atoms with Crippen molar-refractivity contribution in [2.24, 2.45) is 0 Å². The Morgan fingerprint density at radius 1 is 1.11 bits per heavy atom. The van der Waals surface area contributed by atoms with Crippen molar-refractivity contribution < 1.29 is 9.90 Å². The van der Waals surface area contributed by atoms with Gasteiger partial charge in [-0.15, -0.1) is 0 Å². The number of nitrogens with zero attached hydrogens (tertiary/aromatic N) is 1. The highest BCUT2D eigenvalue weighted by Gasteiger charge is 2.21. The highest BCUT2D eigenvalue weighted by atomic mass is 16.3. The predicted octanol–water partition coefficient (Wildman–Crippen LogP) is 5.48. The van der Waals surface area contributed by atoms with Gasteiger partial charge in [-0.05, 0) is 80.0 Å². The van der Waals surface area contributed by atoms with Gasteiger partial charge in [0.1, 0.15) is 12.0 Å². The van der Waals surface area contributed by atoms with Crippen LogP contribution in [0.25, 0.3) is 0 Å². The maximum Gasteiger partial charge on any atom is 0.137 e. The number of hydrogen-bond acceptors (Lipinski definition) is 3. The van der Waals surface area contributed by atoms with E-state index in [0.717, 1.165) is 43.4 Å². The van der Waals surface area contributed by atoms with Gasteiger partial charge in [-0.3, -0.25) is 4.98 Å². The van der Waals surface area contributed by atoms with Crippen LogP contribution in [0.15, 0.2) is 18.2 Å². The molecule has 0 radical (unpaired) electrons. The predicted molar refractivity (Wildman–Crippen MR) is 110 cm³/mol. The number of aldehydes is 1. The van der Waals surface area contributed by atoms with Crippen LogP contribution in [0.1, 0.15) is 83.6 Å². The normalized spacial score (nSPS) is 15.1. The zero-order chi connectivity index (χ0) is 19.4. The van der Waals surface area contributed by atoms with Gasteiger partial charge in [0.15, 0.2) is 0 Å². The number of rotatable bonds is 6. The molecule has 1 aromatic carbocycles. The smallest absolute Gasteiger partial charge is 0.137 e. The van der Waals surface area contributed by atoms with Gasteiger partial charge in [-0.2, -0.15) is 0 Å². The molecule has 1 saturated carbocycles. The van der Waals surface area contributed by atoms with Gasteiger partial charge in [0, 0.05) is 24.5 Å². The van der Waals surface area contributed by atoms with Crippen LogP contribution >= 0.6 is 0 Å². The number of aromatic hydroxyl groups is 1. The van der Waals surface area contributed by atoms with Gasteiger partial charge < -0.3 is 9.90 Å². The quantitative estimate of drug-likeness (QED) is 0.689. The molecule has 1 aliphatic carbocycles. The number of benzene rings is 1. The van der Waals surface area contributed by atoms with E-state index >= 15 is 0 Å². The van der Waals surface area contributed by atoms with Gasteiger partial charge in [-0.1, -0.05) is 25.3 Å². The molecule has 0 saturated heterocycles. The first-order valence-electron chi connectivity index (χ1n) is 10.2. The van der Waals surface area contributed by atoms with E-state index in [9.17, 15) is 9.90 Å². The Morgan fingerprint density at radius 2 is 1.85 bits per heavy atom. The summed E-state index contributed by atoms with van der Waals surface area (Å²) in [6, 6.07) is 6.00. The van der Waals surface area contributed by atoms with Crippen molar-refractivity contribution in [2.75, 3.05) is 0 Å². The van der Waals surface area contributed by atoms with E-state index in [4.69, 9.17) is 4.98 Å². The number of carbonyl (C=O) groups is 1. The molecule has 2 aromatic rings. The molecular weight excluding hydrogens is 334 g/mol. The SMILES string of the molecule is Cc1cc(CCC=O)c(C)c(C)c1Cc1ccc(O)c(C2CCCCC2)n1. The Balaban J connectivity index is 1.89. The van der Waals surface area contributed by atoms with Gasteiger partial charge in [0.05, 0.1) is 5.69 Å². The molecule has 1 aromatic heterocycles. The van der Waals surface area contributed by atoms with Crippen LogP contribution in [0.4, 0.5) is 0 Å². The van der Waals surface area contributed by atoms with Crippen molar-refractivity contribution >= 4 is 6.29 Å². The fourth-order valence-corrected chi connectivity index (χ4v) is 4.43. The largest absolute Gasteiger partial charge is 0.506 e. The van der Waals surface area contributed by atoms with Gasteiger partial charge >= 0.3 is 0 Å². The molecule has 0 amide bonds.